The number of likely N-dealkylation sites (N-methyl/N-ethyl adjacent to an activating group) is 1. The maximum absolute atomic E-state index is 10.3. The molecule has 10 nitrogen and oxygen atoms in total. The summed E-state index contributed by atoms with van der Waals surface area (Å²) in [6.45, 7) is 1.62. The number of nitrogens with zero attached hydrogens (tertiary/aromatic N) is 4. The lowest BCUT2D eigenvalue weighted by molar-refractivity contribution is 0.387. The highest BCUT2D eigenvalue weighted by molar-refractivity contribution is 6.00. The minimum absolute atomic E-state index is 0.0467. The molecule has 0 amide bonds. The zero-order valence-electron chi connectivity index (χ0n) is 20.0. The topological polar surface area (TPSA) is 156 Å². The number of nitrogen functional groups attached to an aromatic ring is 2. The van der Waals surface area contributed by atoms with Crippen LogP contribution < -0.4 is 20.9 Å². The van der Waals surface area contributed by atoms with Gasteiger partial charge in [-0.3, -0.25) is 10.4 Å². The minimum atomic E-state index is -0.156. The van der Waals surface area contributed by atoms with Crippen LogP contribution in [0.3, 0.4) is 0 Å². The molecule has 0 unspecified atom stereocenters. The SMILES string of the molecule is CN1CCN=C1c1cccc(Oc2nc(Oc3cc(C(=N)N)ccc3O)cc(-c3ccc(N)cc3)n2)c1. The molecule has 4 aromatic rings. The number of amidine groups is 2. The second-order valence-electron chi connectivity index (χ2n) is 8.45. The summed E-state index contributed by atoms with van der Waals surface area (Å²) < 4.78 is 12.0. The predicted octanol–water partition coefficient (Wildman–Crippen LogP) is 3.99. The van der Waals surface area contributed by atoms with E-state index in [4.69, 9.17) is 26.4 Å². The molecule has 0 bridgehead atoms. The van der Waals surface area contributed by atoms with Gasteiger partial charge in [0.05, 0.1) is 12.2 Å². The van der Waals surface area contributed by atoms with E-state index < -0.39 is 0 Å². The lowest BCUT2D eigenvalue weighted by Crippen LogP contribution is -2.23. The molecule has 10 heteroatoms. The van der Waals surface area contributed by atoms with Crippen molar-refractivity contribution in [2.45, 2.75) is 0 Å². The maximum Gasteiger partial charge on any atom is 0.325 e. The van der Waals surface area contributed by atoms with Crippen molar-refractivity contribution in [3.05, 3.63) is 83.9 Å². The molecule has 1 aliphatic rings. The van der Waals surface area contributed by atoms with Crippen LogP contribution in [0, 0.1) is 5.41 Å². The molecule has 1 aromatic heterocycles. The lowest BCUT2D eigenvalue weighted by Gasteiger charge is -2.15. The molecule has 0 fully saturated rings. The fourth-order valence-electron chi connectivity index (χ4n) is 3.83. The van der Waals surface area contributed by atoms with Crippen LogP contribution in [0.15, 0.2) is 77.8 Å². The molecule has 0 aliphatic carbocycles. The number of phenols is 1. The van der Waals surface area contributed by atoms with Crippen molar-refractivity contribution in [3.63, 3.8) is 0 Å². The van der Waals surface area contributed by atoms with E-state index in [1.165, 1.54) is 18.2 Å². The van der Waals surface area contributed by atoms with E-state index in [0.717, 1.165) is 30.1 Å². The number of anilines is 1. The summed E-state index contributed by atoms with van der Waals surface area (Å²) in [5.74, 6) is 1.36. The van der Waals surface area contributed by atoms with Crippen molar-refractivity contribution in [2.24, 2.45) is 10.7 Å². The largest absolute Gasteiger partial charge is 0.504 e. The van der Waals surface area contributed by atoms with E-state index in [-0.39, 0.29) is 29.2 Å². The quantitative estimate of drug-likeness (QED) is 0.170. The van der Waals surface area contributed by atoms with Crippen molar-refractivity contribution in [1.29, 1.82) is 5.41 Å². The number of ether oxygens (including phenoxy) is 2. The second kappa shape index (κ2) is 9.86. The first-order valence-electron chi connectivity index (χ1n) is 11.5. The van der Waals surface area contributed by atoms with E-state index in [1.54, 1.807) is 24.3 Å². The third-order valence-electron chi connectivity index (χ3n) is 5.73. The standard InChI is InChI=1S/C27H25N7O3/c1-34-12-11-31-26(34)18-3-2-4-20(13-18)36-27-32-21(16-5-8-19(28)9-6-16)15-24(33-27)37-23-14-17(25(29)30)7-10-22(23)35/h2-10,13-15,35H,11-12,28H2,1H3,(H3,29,30). The Morgan fingerprint density at radius 3 is 2.51 bits per heavy atom. The molecule has 2 heterocycles. The number of aromatic nitrogens is 2. The summed E-state index contributed by atoms with van der Waals surface area (Å²) >= 11 is 0. The Labute approximate surface area is 213 Å². The fraction of sp³-hybridized carbons (Fsp3) is 0.111. The summed E-state index contributed by atoms with van der Waals surface area (Å²) in [6, 6.07) is 20.8. The average Bonchev–Trinajstić information content (AvgIpc) is 3.31. The Morgan fingerprint density at radius 1 is 0.973 bits per heavy atom. The second-order valence-corrected chi connectivity index (χ2v) is 8.45. The number of aliphatic imine (C=N–C) groups is 1. The fourth-order valence-corrected chi connectivity index (χ4v) is 3.83. The molecule has 5 rings (SSSR count). The Kier molecular flexibility index (Phi) is 6.29. The number of rotatable bonds is 7. The number of nitrogens with one attached hydrogen (secondary N) is 1. The number of nitrogens with two attached hydrogens (primary N) is 2. The predicted molar refractivity (Wildman–Crippen MR) is 142 cm³/mol. The highest BCUT2D eigenvalue weighted by atomic mass is 16.5. The Morgan fingerprint density at radius 2 is 1.78 bits per heavy atom. The van der Waals surface area contributed by atoms with Crippen LogP contribution in [0.5, 0.6) is 29.1 Å². The first kappa shape index (κ1) is 23.6. The first-order valence-corrected chi connectivity index (χ1v) is 11.5. The highest BCUT2D eigenvalue weighted by Crippen LogP contribution is 2.34. The van der Waals surface area contributed by atoms with Crippen LogP contribution in [0.4, 0.5) is 5.69 Å². The van der Waals surface area contributed by atoms with Crippen LogP contribution in [-0.2, 0) is 0 Å². The van der Waals surface area contributed by atoms with Crippen LogP contribution in [0.1, 0.15) is 11.1 Å². The molecule has 186 valence electrons. The molecule has 1 aliphatic heterocycles. The Hall–Kier alpha value is -5.12. The number of benzene rings is 3. The van der Waals surface area contributed by atoms with Crippen molar-refractivity contribution in [3.8, 4) is 40.4 Å². The van der Waals surface area contributed by atoms with Gasteiger partial charge in [0.15, 0.2) is 11.5 Å². The van der Waals surface area contributed by atoms with E-state index in [0.29, 0.717) is 22.7 Å². The van der Waals surface area contributed by atoms with Crippen LogP contribution in [-0.4, -0.2) is 51.8 Å². The molecular formula is C27H25N7O3. The number of aromatic hydroxyl groups is 1. The van der Waals surface area contributed by atoms with Crippen LogP contribution >= 0.6 is 0 Å². The lowest BCUT2D eigenvalue weighted by atomic mass is 10.1. The van der Waals surface area contributed by atoms with Crippen molar-refractivity contribution < 1.29 is 14.6 Å². The third kappa shape index (κ3) is 5.27. The van der Waals surface area contributed by atoms with Gasteiger partial charge in [-0.2, -0.15) is 9.97 Å². The zero-order chi connectivity index (χ0) is 25.9. The molecule has 0 radical (unpaired) electrons. The molecule has 0 atom stereocenters. The molecule has 0 saturated carbocycles. The van der Waals surface area contributed by atoms with E-state index in [2.05, 4.69) is 19.9 Å². The van der Waals surface area contributed by atoms with Gasteiger partial charge in [0.2, 0.25) is 5.88 Å². The Bertz CT molecular complexity index is 1500. The normalized spacial score (nSPS) is 12.8. The number of hydrogen-bond acceptors (Lipinski definition) is 9. The van der Waals surface area contributed by atoms with Crippen LogP contribution in [0.25, 0.3) is 11.3 Å². The highest BCUT2D eigenvalue weighted by Gasteiger charge is 2.17. The summed E-state index contributed by atoms with van der Waals surface area (Å²) in [6.07, 6.45) is 0. The van der Waals surface area contributed by atoms with Gasteiger partial charge in [0.25, 0.3) is 0 Å². The van der Waals surface area contributed by atoms with E-state index in [9.17, 15) is 5.11 Å². The molecule has 3 aromatic carbocycles. The molecule has 0 spiro atoms. The zero-order valence-corrected chi connectivity index (χ0v) is 20.0. The smallest absolute Gasteiger partial charge is 0.325 e. The van der Waals surface area contributed by atoms with Gasteiger partial charge in [0, 0.05) is 42.0 Å². The van der Waals surface area contributed by atoms with Crippen molar-refractivity contribution in [1.82, 2.24) is 14.9 Å². The number of phenolic OH excluding ortho intramolecular Hbond substituents is 1. The summed E-state index contributed by atoms with van der Waals surface area (Å²) in [4.78, 5) is 15.6. The molecule has 6 N–H and O–H groups in total. The van der Waals surface area contributed by atoms with Crippen molar-refractivity contribution >= 4 is 17.4 Å². The first-order chi connectivity index (χ1) is 17.9. The average molecular weight is 496 g/mol. The summed E-state index contributed by atoms with van der Waals surface area (Å²) in [7, 11) is 2.00. The van der Waals surface area contributed by atoms with Gasteiger partial charge in [-0.15, -0.1) is 0 Å². The van der Waals surface area contributed by atoms with E-state index >= 15 is 0 Å². The van der Waals surface area contributed by atoms with Gasteiger partial charge in [-0.1, -0.05) is 24.3 Å². The summed E-state index contributed by atoms with van der Waals surface area (Å²) in [5, 5.41) is 18.0. The molecular weight excluding hydrogens is 470 g/mol. The third-order valence-corrected chi connectivity index (χ3v) is 5.73. The number of hydrogen-bond donors (Lipinski definition) is 4. The maximum atomic E-state index is 10.3. The van der Waals surface area contributed by atoms with E-state index in [1.807, 2.05) is 37.4 Å². The van der Waals surface area contributed by atoms with Gasteiger partial charge in [-0.25, -0.2) is 0 Å². The van der Waals surface area contributed by atoms with Crippen LogP contribution in [0.2, 0.25) is 0 Å². The van der Waals surface area contributed by atoms with Gasteiger partial charge >= 0.3 is 6.01 Å². The molecule has 0 saturated heterocycles. The van der Waals surface area contributed by atoms with Gasteiger partial charge in [0.1, 0.15) is 17.4 Å². The van der Waals surface area contributed by atoms with Crippen molar-refractivity contribution in [2.75, 3.05) is 25.9 Å². The Balaban J connectivity index is 1.52. The molecule has 37 heavy (non-hydrogen) atoms. The van der Waals surface area contributed by atoms with Gasteiger partial charge in [-0.05, 0) is 42.5 Å². The van der Waals surface area contributed by atoms with Gasteiger partial charge < -0.3 is 30.9 Å². The summed E-state index contributed by atoms with van der Waals surface area (Å²) in [5.41, 5.74) is 14.7. The minimum Gasteiger partial charge on any atom is -0.504 e. The monoisotopic (exact) mass is 495 g/mol.